The van der Waals surface area contributed by atoms with Crippen LogP contribution in [-0.4, -0.2) is 33.7 Å². The Balaban J connectivity index is 1.74. The minimum absolute atomic E-state index is 0.0471. The van der Waals surface area contributed by atoms with E-state index in [1.165, 1.54) is 11.8 Å². The van der Waals surface area contributed by atoms with Gasteiger partial charge in [-0.2, -0.15) is 0 Å². The van der Waals surface area contributed by atoms with Crippen LogP contribution in [0.1, 0.15) is 31.4 Å². The van der Waals surface area contributed by atoms with Gasteiger partial charge in [-0.25, -0.2) is 4.99 Å². The molecule has 2 aromatic rings. The molecule has 1 fully saturated rings. The second-order valence-corrected chi connectivity index (χ2v) is 8.92. The number of amides is 2. The van der Waals surface area contributed by atoms with Gasteiger partial charge < -0.3 is 5.32 Å². The summed E-state index contributed by atoms with van der Waals surface area (Å²) in [5.74, 6) is 0.103. The highest BCUT2D eigenvalue weighted by atomic mass is 32.2. The summed E-state index contributed by atoms with van der Waals surface area (Å²) in [5.41, 5.74) is 3.75. The molecular weight excluding hydrogens is 382 g/mol. The predicted octanol–water partition coefficient (Wildman–Crippen LogP) is 4.92. The Morgan fingerprint density at radius 3 is 2.55 bits per heavy atom. The number of aryl methyl sites for hydroxylation is 2. The first-order chi connectivity index (χ1) is 13.8. The first-order valence-electron chi connectivity index (χ1n) is 9.82. The molecule has 152 valence electrons. The molecule has 2 amide bonds. The molecule has 1 unspecified atom stereocenters. The molecule has 2 aromatic carbocycles. The van der Waals surface area contributed by atoms with Gasteiger partial charge in [0.1, 0.15) is 5.25 Å². The lowest BCUT2D eigenvalue weighted by Gasteiger charge is -2.18. The van der Waals surface area contributed by atoms with E-state index in [9.17, 15) is 9.59 Å². The zero-order valence-electron chi connectivity index (χ0n) is 17.3. The van der Waals surface area contributed by atoms with E-state index in [1.807, 2.05) is 62.4 Å². The third-order valence-electron chi connectivity index (χ3n) is 4.58. The van der Waals surface area contributed by atoms with Crippen LogP contribution in [0.2, 0.25) is 0 Å². The van der Waals surface area contributed by atoms with E-state index >= 15 is 0 Å². The first-order valence-corrected chi connectivity index (χ1v) is 10.7. The lowest BCUT2D eigenvalue weighted by molar-refractivity contribution is -0.128. The normalized spacial score (nSPS) is 18.0. The van der Waals surface area contributed by atoms with Crippen LogP contribution in [0.25, 0.3) is 0 Å². The molecule has 1 atom stereocenters. The van der Waals surface area contributed by atoms with Gasteiger partial charge in [0.2, 0.25) is 11.8 Å². The lowest BCUT2D eigenvalue weighted by atomic mass is 10.1. The molecule has 0 aliphatic carbocycles. The molecule has 0 bridgehead atoms. The van der Waals surface area contributed by atoms with Crippen molar-refractivity contribution in [3.05, 3.63) is 59.7 Å². The number of hydrogen-bond donors (Lipinski definition) is 1. The molecule has 5 nitrogen and oxygen atoms in total. The van der Waals surface area contributed by atoms with Crippen molar-refractivity contribution in [2.45, 2.75) is 39.4 Å². The summed E-state index contributed by atoms with van der Waals surface area (Å²) in [6, 6.07) is 15.5. The standard InChI is InChI=1S/C23H27N3O2S/c1-15(2)14-26-22(28)20(29-23(26)24-18-8-6-5-7-9-18)13-21(27)25-19-11-10-16(3)12-17(19)4/h5-12,15,20H,13-14H2,1-4H3,(H,25,27). The summed E-state index contributed by atoms with van der Waals surface area (Å²) in [6.07, 6.45) is 0.124. The maximum Gasteiger partial charge on any atom is 0.242 e. The highest BCUT2D eigenvalue weighted by molar-refractivity contribution is 8.15. The molecule has 0 saturated carbocycles. The maximum absolute atomic E-state index is 13.0. The van der Waals surface area contributed by atoms with Crippen molar-refractivity contribution in [1.29, 1.82) is 0 Å². The number of thioether (sulfide) groups is 1. The highest BCUT2D eigenvalue weighted by Crippen LogP contribution is 2.32. The minimum Gasteiger partial charge on any atom is -0.326 e. The topological polar surface area (TPSA) is 61.8 Å². The second-order valence-electron chi connectivity index (χ2n) is 7.75. The molecule has 1 saturated heterocycles. The average Bonchev–Trinajstić information content (AvgIpc) is 2.93. The predicted molar refractivity (Wildman–Crippen MR) is 121 cm³/mol. The summed E-state index contributed by atoms with van der Waals surface area (Å²) in [6.45, 7) is 8.71. The number of anilines is 1. The van der Waals surface area contributed by atoms with Crippen LogP contribution in [0.5, 0.6) is 0 Å². The smallest absolute Gasteiger partial charge is 0.242 e. The van der Waals surface area contributed by atoms with Gasteiger partial charge >= 0.3 is 0 Å². The van der Waals surface area contributed by atoms with Crippen molar-refractivity contribution in [3.8, 4) is 0 Å². The van der Waals surface area contributed by atoms with Gasteiger partial charge in [-0.1, -0.05) is 61.5 Å². The van der Waals surface area contributed by atoms with E-state index < -0.39 is 5.25 Å². The Hall–Kier alpha value is -2.60. The Bertz CT molecular complexity index is 925. The van der Waals surface area contributed by atoms with Crippen molar-refractivity contribution in [1.82, 2.24) is 4.90 Å². The fourth-order valence-electron chi connectivity index (χ4n) is 3.19. The SMILES string of the molecule is Cc1ccc(NC(=O)CC2SC(=Nc3ccccc3)N(CC(C)C)C2=O)c(C)c1. The van der Waals surface area contributed by atoms with Crippen LogP contribution < -0.4 is 5.32 Å². The molecule has 0 aromatic heterocycles. The van der Waals surface area contributed by atoms with E-state index in [0.717, 1.165) is 22.5 Å². The van der Waals surface area contributed by atoms with E-state index in [-0.39, 0.29) is 18.2 Å². The van der Waals surface area contributed by atoms with Gasteiger partial charge in [0, 0.05) is 18.7 Å². The third kappa shape index (κ3) is 5.48. The number of para-hydroxylation sites is 1. The maximum atomic E-state index is 13.0. The van der Waals surface area contributed by atoms with E-state index in [2.05, 4.69) is 24.2 Å². The number of carbonyl (C=O) groups excluding carboxylic acids is 2. The highest BCUT2D eigenvalue weighted by Gasteiger charge is 2.39. The van der Waals surface area contributed by atoms with Gasteiger partial charge in [0.05, 0.1) is 5.69 Å². The van der Waals surface area contributed by atoms with Gasteiger partial charge in [0.15, 0.2) is 5.17 Å². The Kier molecular flexibility index (Phi) is 6.75. The Labute approximate surface area is 176 Å². The fraction of sp³-hybridized carbons (Fsp3) is 0.348. The molecule has 3 rings (SSSR count). The Morgan fingerprint density at radius 2 is 1.90 bits per heavy atom. The van der Waals surface area contributed by atoms with Crippen LogP contribution >= 0.6 is 11.8 Å². The number of nitrogens with one attached hydrogen (secondary N) is 1. The number of benzene rings is 2. The summed E-state index contributed by atoms with van der Waals surface area (Å²) in [7, 11) is 0. The van der Waals surface area contributed by atoms with Gasteiger partial charge in [-0.15, -0.1) is 0 Å². The number of carbonyl (C=O) groups is 2. The number of aliphatic imine (C=N–C) groups is 1. The van der Waals surface area contributed by atoms with E-state index in [1.54, 1.807) is 4.90 Å². The first kappa shape index (κ1) is 21.1. The number of amidine groups is 1. The van der Waals surface area contributed by atoms with Gasteiger partial charge in [0.25, 0.3) is 0 Å². The molecule has 0 radical (unpaired) electrons. The summed E-state index contributed by atoms with van der Waals surface area (Å²) < 4.78 is 0. The molecule has 29 heavy (non-hydrogen) atoms. The number of nitrogens with zero attached hydrogens (tertiary/aromatic N) is 2. The quantitative estimate of drug-likeness (QED) is 0.737. The van der Waals surface area contributed by atoms with Crippen molar-refractivity contribution >= 4 is 40.1 Å². The molecule has 1 aliphatic rings. The lowest BCUT2D eigenvalue weighted by Crippen LogP contribution is -2.36. The van der Waals surface area contributed by atoms with Gasteiger partial charge in [-0.3, -0.25) is 14.5 Å². The number of rotatable bonds is 6. The molecule has 1 aliphatic heterocycles. The fourth-order valence-corrected chi connectivity index (χ4v) is 4.36. The molecule has 1 heterocycles. The van der Waals surface area contributed by atoms with Crippen LogP contribution in [0, 0.1) is 19.8 Å². The van der Waals surface area contributed by atoms with Crippen molar-refractivity contribution in [2.24, 2.45) is 10.9 Å². The molecule has 0 spiro atoms. The third-order valence-corrected chi connectivity index (χ3v) is 5.75. The summed E-state index contributed by atoms with van der Waals surface area (Å²) in [5, 5.41) is 3.15. The summed E-state index contributed by atoms with van der Waals surface area (Å²) >= 11 is 1.37. The zero-order chi connectivity index (χ0) is 21.0. The number of hydrogen-bond acceptors (Lipinski definition) is 4. The van der Waals surface area contributed by atoms with Crippen LogP contribution in [0.3, 0.4) is 0 Å². The largest absolute Gasteiger partial charge is 0.326 e. The van der Waals surface area contributed by atoms with E-state index in [0.29, 0.717) is 17.6 Å². The van der Waals surface area contributed by atoms with Crippen LogP contribution in [-0.2, 0) is 9.59 Å². The van der Waals surface area contributed by atoms with E-state index in [4.69, 9.17) is 0 Å². The van der Waals surface area contributed by atoms with Gasteiger partial charge in [-0.05, 0) is 43.5 Å². The molecular formula is C23H27N3O2S. The van der Waals surface area contributed by atoms with Crippen molar-refractivity contribution in [2.75, 3.05) is 11.9 Å². The minimum atomic E-state index is -0.457. The monoisotopic (exact) mass is 409 g/mol. The van der Waals surface area contributed by atoms with Crippen LogP contribution in [0.15, 0.2) is 53.5 Å². The van der Waals surface area contributed by atoms with Crippen molar-refractivity contribution < 1.29 is 9.59 Å². The molecule has 1 N–H and O–H groups in total. The zero-order valence-corrected chi connectivity index (χ0v) is 18.1. The second kappa shape index (κ2) is 9.27. The van der Waals surface area contributed by atoms with Crippen molar-refractivity contribution in [3.63, 3.8) is 0 Å². The average molecular weight is 410 g/mol. The summed E-state index contributed by atoms with van der Waals surface area (Å²) in [4.78, 5) is 32.0. The Morgan fingerprint density at radius 1 is 1.17 bits per heavy atom. The van der Waals surface area contributed by atoms with Crippen LogP contribution in [0.4, 0.5) is 11.4 Å². The molecule has 6 heteroatoms.